The second-order valence-electron chi connectivity index (χ2n) is 9.21. The number of nitrogens with zero attached hydrogens (tertiary/aromatic N) is 3. The van der Waals surface area contributed by atoms with Gasteiger partial charge in [-0.05, 0) is 79.1 Å². The number of aromatic nitrogens is 3. The number of aromatic amines is 1. The molecule has 1 fully saturated rings. The molecule has 1 atom stereocenters. The van der Waals surface area contributed by atoms with Crippen molar-refractivity contribution in [2.24, 2.45) is 5.92 Å². The number of nitrogens with one attached hydrogen (secondary N) is 2. The lowest BCUT2D eigenvalue weighted by molar-refractivity contribution is 0.0760. The van der Waals surface area contributed by atoms with Crippen molar-refractivity contribution in [3.05, 3.63) is 83.8 Å². The van der Waals surface area contributed by atoms with Crippen LogP contribution in [0.1, 0.15) is 40.7 Å². The Bertz CT molecular complexity index is 1290. The highest BCUT2D eigenvalue weighted by Gasteiger charge is 2.23. The van der Waals surface area contributed by atoms with E-state index in [4.69, 9.17) is 4.74 Å². The maximum absolute atomic E-state index is 13.4. The van der Waals surface area contributed by atoms with E-state index in [0.29, 0.717) is 18.0 Å². The van der Waals surface area contributed by atoms with Crippen LogP contribution in [0.3, 0.4) is 0 Å². The fourth-order valence-corrected chi connectivity index (χ4v) is 4.89. The van der Waals surface area contributed by atoms with Gasteiger partial charge in [0, 0.05) is 43.0 Å². The Balaban J connectivity index is 1.23. The minimum atomic E-state index is 0.0811. The fourth-order valence-electron chi connectivity index (χ4n) is 4.89. The van der Waals surface area contributed by atoms with Crippen LogP contribution in [0.25, 0.3) is 10.9 Å². The van der Waals surface area contributed by atoms with E-state index >= 15 is 0 Å². The monoisotopic (exact) mass is 469 g/mol. The Kier molecular flexibility index (Phi) is 6.93. The second-order valence-corrected chi connectivity index (χ2v) is 9.21. The second kappa shape index (κ2) is 10.6. The maximum atomic E-state index is 13.4. The van der Waals surface area contributed by atoms with E-state index in [1.807, 2.05) is 47.6 Å². The number of hydrogen-bond donors (Lipinski definition) is 2. The van der Waals surface area contributed by atoms with E-state index in [2.05, 4.69) is 38.7 Å². The average Bonchev–Trinajstić information content (AvgIpc) is 3.25. The number of anilines is 1. The third kappa shape index (κ3) is 5.45. The van der Waals surface area contributed by atoms with Crippen molar-refractivity contribution in [2.75, 3.05) is 25.5 Å². The molecular formula is C28H31N5O2. The first-order valence-corrected chi connectivity index (χ1v) is 12.2. The standard InChI is InChI=1S/C28H31N5O2/c1-35-27-9-7-23(16-26(27)30-18-22-4-2-11-29-17-22)28(34)33-12-3-5-20(10-13-33)14-21-6-8-25-24(15-21)19-31-32-25/h2,4,6-9,11,15-17,19-20,30H,3,5,10,12-14,18H2,1H3,(H,31,32)/t20-/m0/s1. The van der Waals surface area contributed by atoms with E-state index in [1.165, 1.54) is 5.56 Å². The van der Waals surface area contributed by atoms with Gasteiger partial charge in [0.05, 0.1) is 24.5 Å². The van der Waals surface area contributed by atoms with E-state index in [1.54, 1.807) is 13.3 Å². The zero-order valence-electron chi connectivity index (χ0n) is 20.0. The summed E-state index contributed by atoms with van der Waals surface area (Å²) in [6.07, 6.45) is 9.66. The molecule has 0 bridgehead atoms. The molecule has 0 aliphatic carbocycles. The first kappa shape index (κ1) is 22.9. The average molecular weight is 470 g/mol. The van der Waals surface area contributed by atoms with Crippen LogP contribution in [-0.4, -0.2) is 46.2 Å². The molecule has 35 heavy (non-hydrogen) atoms. The third-order valence-corrected chi connectivity index (χ3v) is 6.82. The molecule has 1 amide bonds. The molecule has 1 aliphatic heterocycles. The van der Waals surface area contributed by atoms with Crippen molar-refractivity contribution < 1.29 is 9.53 Å². The quantitative estimate of drug-likeness (QED) is 0.395. The Morgan fingerprint density at radius 3 is 2.91 bits per heavy atom. The Morgan fingerprint density at radius 2 is 2.06 bits per heavy atom. The van der Waals surface area contributed by atoms with Gasteiger partial charge in [0.2, 0.25) is 0 Å². The molecule has 180 valence electrons. The number of fused-ring (bicyclic) bond motifs is 1. The third-order valence-electron chi connectivity index (χ3n) is 6.82. The van der Waals surface area contributed by atoms with Crippen LogP contribution >= 0.6 is 0 Å². The van der Waals surface area contributed by atoms with Gasteiger partial charge in [-0.3, -0.25) is 14.9 Å². The van der Waals surface area contributed by atoms with E-state index in [9.17, 15) is 4.79 Å². The Labute approximate surface area is 205 Å². The zero-order valence-corrected chi connectivity index (χ0v) is 20.0. The molecule has 1 aliphatic rings. The van der Waals surface area contributed by atoms with Crippen molar-refractivity contribution in [2.45, 2.75) is 32.2 Å². The van der Waals surface area contributed by atoms with Crippen molar-refractivity contribution >= 4 is 22.5 Å². The number of methoxy groups -OCH3 is 1. The zero-order chi connectivity index (χ0) is 24.0. The predicted molar refractivity (Wildman–Crippen MR) is 138 cm³/mol. The number of likely N-dealkylation sites (tertiary alicyclic amines) is 1. The first-order valence-electron chi connectivity index (χ1n) is 12.2. The smallest absolute Gasteiger partial charge is 0.253 e. The minimum Gasteiger partial charge on any atom is -0.495 e. The number of amides is 1. The van der Waals surface area contributed by atoms with E-state index in [-0.39, 0.29) is 5.91 Å². The molecule has 7 heteroatoms. The SMILES string of the molecule is COc1ccc(C(=O)N2CCC[C@H](Cc3ccc4[nH]ncc4c3)CC2)cc1NCc1cccnc1. The summed E-state index contributed by atoms with van der Waals surface area (Å²) in [6, 6.07) is 16.1. The Morgan fingerprint density at radius 1 is 1.11 bits per heavy atom. The molecule has 1 saturated heterocycles. The summed E-state index contributed by atoms with van der Waals surface area (Å²) in [5.74, 6) is 1.37. The van der Waals surface area contributed by atoms with Gasteiger partial charge in [-0.15, -0.1) is 0 Å². The van der Waals surface area contributed by atoms with E-state index in [0.717, 1.165) is 66.7 Å². The lowest BCUT2D eigenvalue weighted by Crippen LogP contribution is -2.32. The number of carbonyl (C=O) groups is 1. The predicted octanol–water partition coefficient (Wildman–Crippen LogP) is 5.06. The molecule has 2 aromatic heterocycles. The van der Waals surface area contributed by atoms with Crippen molar-refractivity contribution in [3.8, 4) is 5.75 Å². The number of rotatable bonds is 7. The molecule has 0 radical (unpaired) electrons. The van der Waals surface area contributed by atoms with Gasteiger partial charge in [-0.2, -0.15) is 5.10 Å². The molecule has 2 N–H and O–H groups in total. The first-order chi connectivity index (χ1) is 17.2. The van der Waals surface area contributed by atoms with Crippen LogP contribution in [0.15, 0.2) is 67.1 Å². The van der Waals surface area contributed by atoms with Crippen molar-refractivity contribution in [1.82, 2.24) is 20.1 Å². The number of H-pyrrole nitrogens is 1. The molecular weight excluding hydrogens is 438 g/mol. The molecule has 0 unspecified atom stereocenters. The summed E-state index contributed by atoms with van der Waals surface area (Å²) < 4.78 is 5.52. The summed E-state index contributed by atoms with van der Waals surface area (Å²) >= 11 is 0. The summed E-state index contributed by atoms with van der Waals surface area (Å²) in [5, 5.41) is 11.7. The molecule has 5 rings (SSSR count). The highest BCUT2D eigenvalue weighted by atomic mass is 16.5. The number of ether oxygens (including phenoxy) is 1. The number of carbonyl (C=O) groups excluding carboxylic acids is 1. The van der Waals surface area contributed by atoms with Gasteiger partial charge in [-0.1, -0.05) is 12.1 Å². The number of benzene rings is 2. The molecule has 7 nitrogen and oxygen atoms in total. The maximum Gasteiger partial charge on any atom is 0.253 e. The molecule has 3 heterocycles. The summed E-state index contributed by atoms with van der Waals surface area (Å²) in [6.45, 7) is 2.18. The van der Waals surface area contributed by atoms with Crippen molar-refractivity contribution in [1.29, 1.82) is 0 Å². The Hall–Kier alpha value is -3.87. The van der Waals surface area contributed by atoms with Gasteiger partial charge >= 0.3 is 0 Å². The molecule has 0 saturated carbocycles. The molecule has 0 spiro atoms. The number of pyridine rings is 1. The summed E-state index contributed by atoms with van der Waals surface area (Å²) in [4.78, 5) is 19.6. The normalized spacial score (nSPS) is 16.1. The van der Waals surface area contributed by atoms with Gasteiger partial charge in [-0.25, -0.2) is 0 Å². The van der Waals surface area contributed by atoms with Crippen LogP contribution in [0.4, 0.5) is 5.69 Å². The highest BCUT2D eigenvalue weighted by molar-refractivity contribution is 5.95. The highest BCUT2D eigenvalue weighted by Crippen LogP contribution is 2.28. The fraction of sp³-hybridized carbons (Fsp3) is 0.321. The van der Waals surface area contributed by atoms with E-state index < -0.39 is 0 Å². The van der Waals surface area contributed by atoms with Crippen LogP contribution < -0.4 is 10.1 Å². The van der Waals surface area contributed by atoms with Gasteiger partial charge in [0.1, 0.15) is 5.75 Å². The molecule has 2 aromatic carbocycles. The summed E-state index contributed by atoms with van der Waals surface area (Å²) in [5.41, 5.74) is 4.97. The van der Waals surface area contributed by atoms with Gasteiger partial charge in [0.25, 0.3) is 5.91 Å². The number of hydrogen-bond acceptors (Lipinski definition) is 5. The van der Waals surface area contributed by atoms with Crippen LogP contribution in [-0.2, 0) is 13.0 Å². The van der Waals surface area contributed by atoms with Gasteiger partial charge < -0.3 is 15.0 Å². The van der Waals surface area contributed by atoms with Crippen LogP contribution in [0, 0.1) is 5.92 Å². The van der Waals surface area contributed by atoms with Gasteiger partial charge in [0.15, 0.2) is 0 Å². The summed E-state index contributed by atoms with van der Waals surface area (Å²) in [7, 11) is 1.64. The van der Waals surface area contributed by atoms with Crippen molar-refractivity contribution in [3.63, 3.8) is 0 Å². The lowest BCUT2D eigenvalue weighted by Gasteiger charge is -2.22. The molecule has 4 aromatic rings. The topological polar surface area (TPSA) is 83.1 Å². The van der Waals surface area contributed by atoms with Crippen LogP contribution in [0.5, 0.6) is 5.75 Å². The minimum absolute atomic E-state index is 0.0811. The van der Waals surface area contributed by atoms with Crippen LogP contribution in [0.2, 0.25) is 0 Å². The largest absolute Gasteiger partial charge is 0.495 e. The lowest BCUT2D eigenvalue weighted by atomic mass is 9.92.